The summed E-state index contributed by atoms with van der Waals surface area (Å²) in [6, 6.07) is 1.64. The topological polar surface area (TPSA) is 86.7 Å². The van der Waals surface area contributed by atoms with Gasteiger partial charge in [0.15, 0.2) is 0 Å². The molecule has 2 heterocycles. The smallest absolute Gasteiger partial charge is 0.346 e. The lowest BCUT2D eigenvalue weighted by Gasteiger charge is -2.19. The fourth-order valence-electron chi connectivity index (χ4n) is 2.31. The number of carboxylic acids is 1. The lowest BCUT2D eigenvalue weighted by atomic mass is 10.2. The molecule has 1 aromatic rings. The van der Waals surface area contributed by atoms with E-state index < -0.39 is 5.97 Å². The summed E-state index contributed by atoms with van der Waals surface area (Å²) in [6.07, 6.45) is 3.30. The zero-order valence-corrected chi connectivity index (χ0v) is 12.7. The molecule has 1 aliphatic heterocycles. The van der Waals surface area contributed by atoms with E-state index in [0.717, 1.165) is 30.6 Å². The van der Waals surface area contributed by atoms with Gasteiger partial charge in [0.25, 0.3) is 0 Å². The van der Waals surface area contributed by atoms with Gasteiger partial charge in [-0.05, 0) is 31.4 Å². The van der Waals surface area contributed by atoms with Crippen LogP contribution in [0, 0.1) is 6.92 Å². The van der Waals surface area contributed by atoms with Crippen molar-refractivity contribution in [3.8, 4) is 0 Å². The van der Waals surface area contributed by atoms with Gasteiger partial charge in [-0.25, -0.2) is 4.79 Å². The Morgan fingerprint density at radius 1 is 1.38 bits per heavy atom. The van der Waals surface area contributed by atoms with Gasteiger partial charge in [-0.15, -0.1) is 11.3 Å². The van der Waals surface area contributed by atoms with E-state index in [2.05, 4.69) is 5.32 Å². The normalized spacial score (nSPS) is 15.7. The van der Waals surface area contributed by atoms with Gasteiger partial charge in [-0.1, -0.05) is 6.42 Å². The Morgan fingerprint density at radius 3 is 2.81 bits per heavy atom. The third-order valence-electron chi connectivity index (χ3n) is 3.38. The lowest BCUT2D eigenvalue weighted by Crippen LogP contribution is -2.37. The van der Waals surface area contributed by atoms with Crippen molar-refractivity contribution in [1.82, 2.24) is 4.90 Å². The van der Waals surface area contributed by atoms with Crippen LogP contribution >= 0.6 is 11.3 Å². The van der Waals surface area contributed by atoms with Gasteiger partial charge in [0.1, 0.15) is 4.88 Å². The van der Waals surface area contributed by atoms with Gasteiger partial charge in [0.05, 0.1) is 11.5 Å². The maximum Gasteiger partial charge on any atom is 0.346 e. The number of hydrogen-bond acceptors (Lipinski definition) is 4. The molecule has 2 amide bonds. The Labute approximate surface area is 126 Å². The van der Waals surface area contributed by atoms with Crippen LogP contribution in [0.1, 0.15) is 40.9 Å². The predicted molar refractivity (Wildman–Crippen MR) is 79.7 cm³/mol. The molecule has 21 heavy (non-hydrogen) atoms. The van der Waals surface area contributed by atoms with Gasteiger partial charge >= 0.3 is 5.97 Å². The zero-order chi connectivity index (χ0) is 15.4. The Morgan fingerprint density at radius 2 is 2.14 bits per heavy atom. The highest BCUT2D eigenvalue weighted by Crippen LogP contribution is 2.26. The van der Waals surface area contributed by atoms with Crippen molar-refractivity contribution in [2.24, 2.45) is 0 Å². The number of carbonyl (C=O) groups is 3. The van der Waals surface area contributed by atoms with Crippen LogP contribution < -0.4 is 5.32 Å². The minimum Gasteiger partial charge on any atom is -0.477 e. The second-order valence-corrected chi connectivity index (χ2v) is 6.15. The van der Waals surface area contributed by atoms with E-state index in [1.165, 1.54) is 0 Å². The molecule has 0 atom stereocenters. The van der Waals surface area contributed by atoms with Gasteiger partial charge in [-0.2, -0.15) is 0 Å². The van der Waals surface area contributed by atoms with Crippen molar-refractivity contribution < 1.29 is 19.5 Å². The van der Waals surface area contributed by atoms with Crippen molar-refractivity contribution in [2.45, 2.75) is 32.6 Å². The molecule has 2 rings (SSSR count). The van der Waals surface area contributed by atoms with Gasteiger partial charge in [0, 0.05) is 13.0 Å². The number of nitrogens with one attached hydrogen (secondary N) is 1. The number of thiophene rings is 1. The molecule has 114 valence electrons. The Bertz CT molecular complexity index is 567. The summed E-state index contributed by atoms with van der Waals surface area (Å²) in [6.45, 7) is 2.32. The largest absolute Gasteiger partial charge is 0.477 e. The van der Waals surface area contributed by atoms with Crippen LogP contribution in [0.2, 0.25) is 0 Å². The molecule has 0 aliphatic carbocycles. The Kier molecular flexibility index (Phi) is 4.95. The van der Waals surface area contributed by atoms with Crippen LogP contribution in [0.3, 0.4) is 0 Å². The summed E-state index contributed by atoms with van der Waals surface area (Å²) < 4.78 is 0. The van der Waals surface area contributed by atoms with E-state index in [0.29, 0.717) is 23.5 Å². The molecule has 0 bridgehead atoms. The third kappa shape index (κ3) is 4.04. The molecule has 6 nitrogen and oxygen atoms in total. The van der Waals surface area contributed by atoms with Crippen LogP contribution in [0.25, 0.3) is 0 Å². The summed E-state index contributed by atoms with van der Waals surface area (Å²) >= 11 is 1.03. The van der Waals surface area contributed by atoms with Crippen molar-refractivity contribution in [2.75, 3.05) is 18.4 Å². The second-order valence-electron chi connectivity index (χ2n) is 5.10. The molecule has 1 fully saturated rings. The monoisotopic (exact) mass is 310 g/mol. The molecule has 0 spiro atoms. The molecule has 0 radical (unpaired) electrons. The van der Waals surface area contributed by atoms with Crippen LogP contribution in [-0.2, 0) is 9.59 Å². The summed E-state index contributed by atoms with van der Waals surface area (Å²) in [5.74, 6) is -1.28. The first-order valence-corrected chi connectivity index (χ1v) is 7.70. The summed E-state index contributed by atoms with van der Waals surface area (Å²) in [5, 5.41) is 12.2. The number of amides is 2. The molecular formula is C14H18N2O4S. The fraction of sp³-hybridized carbons (Fsp3) is 0.500. The number of hydrogen-bond donors (Lipinski definition) is 2. The van der Waals surface area contributed by atoms with E-state index in [4.69, 9.17) is 5.11 Å². The minimum atomic E-state index is -0.999. The predicted octanol–water partition coefficient (Wildman–Crippen LogP) is 2.10. The molecule has 2 N–H and O–H groups in total. The number of rotatable bonds is 4. The summed E-state index contributed by atoms with van der Waals surface area (Å²) in [5.41, 5.74) is 0.619. The van der Waals surface area contributed by atoms with Crippen LogP contribution in [-0.4, -0.2) is 40.9 Å². The molecule has 1 saturated heterocycles. The van der Waals surface area contributed by atoms with E-state index in [1.807, 2.05) is 0 Å². The van der Waals surface area contributed by atoms with Gasteiger partial charge in [-0.3, -0.25) is 9.59 Å². The van der Waals surface area contributed by atoms with Gasteiger partial charge in [0.2, 0.25) is 11.8 Å². The molecule has 0 saturated carbocycles. The minimum absolute atomic E-state index is 0.0104. The standard InChI is InChI=1S/C14H18N2O4S/c1-9-7-11(21-13(9)14(19)20)15-10(17)8-16-6-4-2-3-5-12(16)18/h7H,2-6,8H2,1H3,(H,15,17)(H,19,20). The first-order valence-electron chi connectivity index (χ1n) is 6.88. The highest BCUT2D eigenvalue weighted by molar-refractivity contribution is 7.18. The number of aryl methyl sites for hydroxylation is 1. The number of carbonyl (C=O) groups excluding carboxylic acids is 2. The summed E-state index contributed by atoms with van der Waals surface area (Å²) in [7, 11) is 0. The number of nitrogens with zero attached hydrogens (tertiary/aromatic N) is 1. The van der Waals surface area contributed by atoms with E-state index >= 15 is 0 Å². The molecule has 7 heteroatoms. The first kappa shape index (κ1) is 15.5. The highest BCUT2D eigenvalue weighted by atomic mass is 32.1. The highest BCUT2D eigenvalue weighted by Gasteiger charge is 2.20. The van der Waals surface area contributed by atoms with Crippen LogP contribution in [0.5, 0.6) is 0 Å². The average Bonchev–Trinajstić information content (AvgIpc) is 2.65. The van der Waals surface area contributed by atoms with E-state index in [1.54, 1.807) is 17.9 Å². The molecule has 1 aliphatic rings. The van der Waals surface area contributed by atoms with Gasteiger partial charge < -0.3 is 15.3 Å². The van der Waals surface area contributed by atoms with E-state index in [-0.39, 0.29) is 23.2 Å². The molecular weight excluding hydrogens is 292 g/mol. The number of anilines is 1. The molecule has 0 aromatic carbocycles. The quantitative estimate of drug-likeness (QED) is 0.891. The third-order valence-corrected chi connectivity index (χ3v) is 4.52. The Balaban J connectivity index is 1.96. The average molecular weight is 310 g/mol. The molecule has 1 aromatic heterocycles. The molecule has 0 unspecified atom stereocenters. The zero-order valence-electron chi connectivity index (χ0n) is 11.8. The van der Waals surface area contributed by atoms with Crippen LogP contribution in [0.4, 0.5) is 5.00 Å². The number of likely N-dealkylation sites (tertiary alicyclic amines) is 1. The van der Waals surface area contributed by atoms with Crippen LogP contribution in [0.15, 0.2) is 6.07 Å². The van der Waals surface area contributed by atoms with Crippen molar-refractivity contribution >= 4 is 34.1 Å². The summed E-state index contributed by atoms with van der Waals surface area (Å²) in [4.78, 5) is 36.6. The van der Waals surface area contributed by atoms with Crippen molar-refractivity contribution in [3.63, 3.8) is 0 Å². The Hall–Kier alpha value is -1.89. The van der Waals surface area contributed by atoms with E-state index in [9.17, 15) is 14.4 Å². The van der Waals surface area contributed by atoms with Crippen molar-refractivity contribution in [1.29, 1.82) is 0 Å². The van der Waals surface area contributed by atoms with Crippen molar-refractivity contribution in [3.05, 3.63) is 16.5 Å². The maximum absolute atomic E-state index is 12.0. The second kappa shape index (κ2) is 6.71. The first-order chi connectivity index (χ1) is 9.97. The number of aromatic carboxylic acids is 1. The fourth-order valence-corrected chi connectivity index (χ4v) is 3.24. The number of carboxylic acid groups (broad SMARTS) is 1. The SMILES string of the molecule is Cc1cc(NC(=O)CN2CCCCCC2=O)sc1C(=O)O. The maximum atomic E-state index is 12.0. The lowest BCUT2D eigenvalue weighted by molar-refractivity contribution is -0.134.